The summed E-state index contributed by atoms with van der Waals surface area (Å²) >= 11 is 0. The van der Waals surface area contributed by atoms with Gasteiger partial charge in [-0.3, -0.25) is 14.4 Å². The molecule has 0 spiro atoms. The van der Waals surface area contributed by atoms with Gasteiger partial charge in [0.05, 0.1) is 0 Å². The van der Waals surface area contributed by atoms with E-state index in [2.05, 4.69) is 57.2 Å². The molecular weight excluding hydrogens is 925 g/mol. The SMILES string of the molecule is CCCCCCC/C=C\C/C=C\CCCCCCCCCCCC(=O)OC(COC(=O)CCCCCCCCCCC)COC(=O)CCCCCCCCCCCCCCCCC/C=C\CCCCCCCCCC. The van der Waals surface area contributed by atoms with E-state index in [1.807, 2.05) is 0 Å². The predicted octanol–water partition coefficient (Wildman–Crippen LogP) is 22.8. The van der Waals surface area contributed by atoms with Crippen molar-refractivity contribution in [1.29, 1.82) is 0 Å². The standard InChI is InChI=1S/C69H128O6/c1-4-7-10-13-16-19-21-23-25-27-29-31-32-33-34-35-36-38-39-41-43-45-47-50-53-56-59-62-68(71)74-65-66(64-73-67(70)61-58-55-52-49-18-15-12-9-6-3)75-69(72)63-60-57-54-51-48-46-44-42-40-37-30-28-26-24-22-20-17-14-11-8-5-2/h22,24,27-30,66H,4-21,23,25-26,31-65H2,1-3H3/b24-22-,29-27-,30-28-. The van der Waals surface area contributed by atoms with Crippen molar-refractivity contribution in [2.24, 2.45) is 0 Å². The minimum atomic E-state index is -0.771. The largest absolute Gasteiger partial charge is 0.462 e. The molecule has 0 saturated carbocycles. The zero-order valence-electron chi connectivity index (χ0n) is 50.6. The van der Waals surface area contributed by atoms with Gasteiger partial charge in [-0.1, -0.05) is 308 Å². The molecule has 75 heavy (non-hydrogen) atoms. The molecule has 6 heteroatoms. The van der Waals surface area contributed by atoms with Gasteiger partial charge in [-0.25, -0.2) is 0 Å². The van der Waals surface area contributed by atoms with Gasteiger partial charge in [-0.2, -0.15) is 0 Å². The van der Waals surface area contributed by atoms with Gasteiger partial charge in [0.2, 0.25) is 0 Å². The second kappa shape index (κ2) is 64.2. The summed E-state index contributed by atoms with van der Waals surface area (Å²) in [6, 6.07) is 0. The lowest BCUT2D eigenvalue weighted by Crippen LogP contribution is -2.30. The highest BCUT2D eigenvalue weighted by atomic mass is 16.6. The molecule has 0 amide bonds. The highest BCUT2D eigenvalue weighted by Gasteiger charge is 2.19. The van der Waals surface area contributed by atoms with Crippen LogP contribution in [-0.4, -0.2) is 37.2 Å². The van der Waals surface area contributed by atoms with Crippen LogP contribution >= 0.6 is 0 Å². The summed E-state index contributed by atoms with van der Waals surface area (Å²) in [5.74, 6) is -0.853. The molecule has 0 fully saturated rings. The first-order chi connectivity index (χ1) is 37.0. The van der Waals surface area contributed by atoms with Gasteiger partial charge in [0, 0.05) is 19.3 Å². The van der Waals surface area contributed by atoms with Crippen molar-refractivity contribution >= 4 is 17.9 Å². The fourth-order valence-electron chi connectivity index (χ4n) is 10.1. The Balaban J connectivity index is 4.14. The normalized spacial score (nSPS) is 12.2. The Morgan fingerprint density at radius 3 is 0.747 bits per heavy atom. The average Bonchev–Trinajstić information content (AvgIpc) is 3.41. The highest BCUT2D eigenvalue weighted by Crippen LogP contribution is 2.18. The van der Waals surface area contributed by atoms with Gasteiger partial charge >= 0.3 is 17.9 Å². The number of esters is 3. The van der Waals surface area contributed by atoms with Gasteiger partial charge in [-0.15, -0.1) is 0 Å². The van der Waals surface area contributed by atoms with E-state index in [1.54, 1.807) is 0 Å². The molecular formula is C69H128O6. The van der Waals surface area contributed by atoms with Gasteiger partial charge in [0.1, 0.15) is 13.2 Å². The molecule has 0 aromatic heterocycles. The van der Waals surface area contributed by atoms with E-state index in [-0.39, 0.29) is 31.1 Å². The number of hydrogen-bond acceptors (Lipinski definition) is 6. The minimum absolute atomic E-state index is 0.0693. The molecule has 0 rings (SSSR count). The van der Waals surface area contributed by atoms with Crippen LogP contribution in [0.15, 0.2) is 36.5 Å². The number of unbranched alkanes of at least 4 members (excludes halogenated alkanes) is 45. The van der Waals surface area contributed by atoms with Crippen LogP contribution in [0.25, 0.3) is 0 Å². The fourth-order valence-corrected chi connectivity index (χ4v) is 10.1. The van der Waals surface area contributed by atoms with E-state index in [0.717, 1.165) is 64.2 Å². The lowest BCUT2D eigenvalue weighted by molar-refractivity contribution is -0.167. The topological polar surface area (TPSA) is 78.9 Å². The Morgan fingerprint density at radius 1 is 0.267 bits per heavy atom. The van der Waals surface area contributed by atoms with Crippen LogP contribution in [0.5, 0.6) is 0 Å². The third-order valence-corrected chi connectivity index (χ3v) is 15.1. The average molecular weight is 1050 g/mol. The summed E-state index contributed by atoms with van der Waals surface area (Å²) in [6.45, 7) is 6.66. The van der Waals surface area contributed by atoms with Crippen molar-refractivity contribution in [2.45, 2.75) is 374 Å². The molecule has 0 aliphatic rings. The van der Waals surface area contributed by atoms with Crippen LogP contribution in [0.4, 0.5) is 0 Å². The minimum Gasteiger partial charge on any atom is -0.462 e. The van der Waals surface area contributed by atoms with Crippen molar-refractivity contribution < 1.29 is 28.6 Å². The smallest absolute Gasteiger partial charge is 0.306 e. The maximum Gasteiger partial charge on any atom is 0.306 e. The molecule has 0 aromatic rings. The van der Waals surface area contributed by atoms with Gasteiger partial charge in [0.15, 0.2) is 6.10 Å². The van der Waals surface area contributed by atoms with E-state index in [9.17, 15) is 14.4 Å². The van der Waals surface area contributed by atoms with Crippen molar-refractivity contribution in [2.75, 3.05) is 13.2 Å². The Kier molecular flexibility index (Phi) is 62.1. The summed E-state index contributed by atoms with van der Waals surface area (Å²) < 4.78 is 16.9. The van der Waals surface area contributed by atoms with E-state index in [0.29, 0.717) is 19.3 Å². The monoisotopic (exact) mass is 1050 g/mol. The molecule has 0 heterocycles. The van der Waals surface area contributed by atoms with E-state index >= 15 is 0 Å². The van der Waals surface area contributed by atoms with Crippen LogP contribution in [0.2, 0.25) is 0 Å². The second-order valence-corrected chi connectivity index (χ2v) is 22.7. The van der Waals surface area contributed by atoms with E-state index < -0.39 is 6.10 Å². The van der Waals surface area contributed by atoms with E-state index in [4.69, 9.17) is 14.2 Å². The highest BCUT2D eigenvalue weighted by molar-refractivity contribution is 5.71. The molecule has 0 bridgehead atoms. The molecule has 0 saturated heterocycles. The molecule has 0 radical (unpaired) electrons. The second-order valence-electron chi connectivity index (χ2n) is 22.7. The Morgan fingerprint density at radius 2 is 0.480 bits per heavy atom. The summed E-state index contributed by atoms with van der Waals surface area (Å²) in [6.07, 6.45) is 78.9. The number of ether oxygens (including phenoxy) is 3. The first-order valence-electron chi connectivity index (χ1n) is 33.5. The number of hydrogen-bond donors (Lipinski definition) is 0. The lowest BCUT2D eigenvalue weighted by atomic mass is 10.0. The molecule has 0 aliphatic heterocycles. The zero-order chi connectivity index (χ0) is 54.3. The summed E-state index contributed by atoms with van der Waals surface area (Å²) in [5.41, 5.74) is 0. The van der Waals surface area contributed by atoms with Crippen molar-refractivity contribution in [3.8, 4) is 0 Å². The van der Waals surface area contributed by atoms with Crippen LogP contribution in [0.3, 0.4) is 0 Å². The van der Waals surface area contributed by atoms with Crippen molar-refractivity contribution in [3.63, 3.8) is 0 Å². The van der Waals surface area contributed by atoms with Crippen molar-refractivity contribution in [1.82, 2.24) is 0 Å². The van der Waals surface area contributed by atoms with Crippen LogP contribution in [0.1, 0.15) is 367 Å². The molecule has 0 N–H and O–H groups in total. The summed E-state index contributed by atoms with van der Waals surface area (Å²) in [7, 11) is 0. The van der Waals surface area contributed by atoms with Crippen LogP contribution < -0.4 is 0 Å². The molecule has 0 aliphatic carbocycles. The Labute approximate surface area is 467 Å². The number of carbonyl (C=O) groups excluding carboxylic acids is 3. The van der Waals surface area contributed by atoms with Gasteiger partial charge in [0.25, 0.3) is 0 Å². The molecule has 6 nitrogen and oxygen atoms in total. The summed E-state index contributed by atoms with van der Waals surface area (Å²) in [4.78, 5) is 38.2. The number of allylic oxidation sites excluding steroid dienone is 6. The third-order valence-electron chi connectivity index (χ3n) is 15.1. The predicted molar refractivity (Wildman–Crippen MR) is 326 cm³/mol. The van der Waals surface area contributed by atoms with Gasteiger partial charge in [-0.05, 0) is 77.0 Å². The quantitative estimate of drug-likeness (QED) is 0.0261. The lowest BCUT2D eigenvalue weighted by Gasteiger charge is -2.18. The number of rotatable bonds is 62. The zero-order valence-corrected chi connectivity index (χ0v) is 50.6. The third kappa shape index (κ3) is 62.4. The van der Waals surface area contributed by atoms with Crippen molar-refractivity contribution in [3.05, 3.63) is 36.5 Å². The van der Waals surface area contributed by atoms with Gasteiger partial charge < -0.3 is 14.2 Å². The number of carbonyl (C=O) groups is 3. The first-order valence-corrected chi connectivity index (χ1v) is 33.5. The molecule has 0 aromatic carbocycles. The molecule has 1 unspecified atom stereocenters. The fraction of sp³-hybridized carbons (Fsp3) is 0.870. The maximum absolute atomic E-state index is 12.9. The van der Waals surface area contributed by atoms with Crippen LogP contribution in [0, 0.1) is 0 Å². The maximum atomic E-state index is 12.9. The molecule has 1 atom stereocenters. The first kappa shape index (κ1) is 72.6. The Hall–Kier alpha value is -2.37. The molecule has 440 valence electrons. The van der Waals surface area contributed by atoms with Crippen LogP contribution in [-0.2, 0) is 28.6 Å². The van der Waals surface area contributed by atoms with E-state index in [1.165, 1.54) is 263 Å². The Bertz CT molecular complexity index is 1250. The summed E-state index contributed by atoms with van der Waals surface area (Å²) in [5, 5.41) is 0.